The van der Waals surface area contributed by atoms with Crippen molar-refractivity contribution in [2.24, 2.45) is 5.92 Å². The molecule has 1 aliphatic rings. The second-order valence-corrected chi connectivity index (χ2v) is 9.46. The number of carbonyl (C=O) groups is 1. The van der Waals surface area contributed by atoms with E-state index in [1.807, 2.05) is 0 Å². The summed E-state index contributed by atoms with van der Waals surface area (Å²) in [5.41, 5.74) is 0.532. The molecule has 0 bridgehead atoms. The van der Waals surface area contributed by atoms with E-state index < -0.39 is 15.9 Å². The highest BCUT2D eigenvalue weighted by Crippen LogP contribution is 2.27. The number of sulfonamides is 1. The van der Waals surface area contributed by atoms with Crippen LogP contribution in [0.25, 0.3) is 6.08 Å². The van der Waals surface area contributed by atoms with E-state index in [0.29, 0.717) is 29.7 Å². The number of amides is 1. The first-order valence-electron chi connectivity index (χ1n) is 10.6. The summed E-state index contributed by atoms with van der Waals surface area (Å²) in [6, 6.07) is 8.19. The molecule has 0 aliphatic heterocycles. The Morgan fingerprint density at radius 1 is 1.19 bits per heavy atom. The third-order valence-electron chi connectivity index (χ3n) is 5.38. The number of pyridine rings is 1. The van der Waals surface area contributed by atoms with Gasteiger partial charge in [0.25, 0.3) is 0 Å². The van der Waals surface area contributed by atoms with E-state index in [2.05, 4.69) is 15.0 Å². The SMILES string of the molecule is CNS(=O)(=O)c1cc(/C=C/C(=O)Nc2ncccc2OCC2CCCCC2)ccc1OC. The van der Waals surface area contributed by atoms with Crippen LogP contribution in [-0.4, -0.2) is 40.1 Å². The van der Waals surface area contributed by atoms with Gasteiger partial charge in [-0.15, -0.1) is 0 Å². The van der Waals surface area contributed by atoms with Crippen LogP contribution >= 0.6 is 0 Å². The third kappa shape index (κ3) is 6.30. The zero-order valence-corrected chi connectivity index (χ0v) is 19.2. The number of hydrogen-bond acceptors (Lipinski definition) is 6. The van der Waals surface area contributed by atoms with Crippen molar-refractivity contribution < 1.29 is 22.7 Å². The average Bonchev–Trinajstić information content (AvgIpc) is 2.82. The minimum atomic E-state index is -3.71. The van der Waals surface area contributed by atoms with Gasteiger partial charge >= 0.3 is 0 Å². The van der Waals surface area contributed by atoms with E-state index in [0.717, 1.165) is 12.8 Å². The number of rotatable bonds is 9. The molecule has 1 aromatic carbocycles. The highest BCUT2D eigenvalue weighted by atomic mass is 32.2. The molecule has 2 N–H and O–H groups in total. The quantitative estimate of drug-likeness (QED) is 0.555. The van der Waals surface area contributed by atoms with Gasteiger partial charge in [0.2, 0.25) is 15.9 Å². The van der Waals surface area contributed by atoms with Crippen LogP contribution in [0.4, 0.5) is 5.82 Å². The lowest BCUT2D eigenvalue weighted by molar-refractivity contribution is -0.111. The lowest BCUT2D eigenvalue weighted by Crippen LogP contribution is -2.19. The molecule has 2 aromatic rings. The van der Waals surface area contributed by atoms with Gasteiger partial charge in [-0.2, -0.15) is 0 Å². The van der Waals surface area contributed by atoms with Gasteiger partial charge in [-0.05, 0) is 61.7 Å². The van der Waals surface area contributed by atoms with Gasteiger partial charge in [0, 0.05) is 12.3 Å². The third-order valence-corrected chi connectivity index (χ3v) is 6.82. The fraction of sp³-hybridized carbons (Fsp3) is 0.391. The fourth-order valence-electron chi connectivity index (χ4n) is 3.61. The summed E-state index contributed by atoms with van der Waals surface area (Å²) < 4.78 is 37.8. The summed E-state index contributed by atoms with van der Waals surface area (Å²) in [6.07, 6.45) is 10.5. The van der Waals surface area contributed by atoms with E-state index in [4.69, 9.17) is 9.47 Å². The minimum Gasteiger partial charge on any atom is -0.495 e. The number of carbonyl (C=O) groups excluding carboxylic acids is 1. The molecule has 0 atom stereocenters. The van der Waals surface area contributed by atoms with E-state index in [-0.39, 0.29) is 10.6 Å². The number of benzene rings is 1. The first kappa shape index (κ1) is 23.7. The predicted molar refractivity (Wildman–Crippen MR) is 123 cm³/mol. The van der Waals surface area contributed by atoms with E-state index >= 15 is 0 Å². The summed E-state index contributed by atoms with van der Waals surface area (Å²) in [7, 11) is -0.986. The van der Waals surface area contributed by atoms with Crippen molar-refractivity contribution in [2.75, 3.05) is 26.1 Å². The molecule has 172 valence electrons. The highest BCUT2D eigenvalue weighted by molar-refractivity contribution is 7.89. The fourth-order valence-corrected chi connectivity index (χ4v) is 4.54. The molecular weight excluding hydrogens is 430 g/mol. The Labute approximate surface area is 189 Å². The zero-order chi connectivity index (χ0) is 23.0. The lowest BCUT2D eigenvalue weighted by Gasteiger charge is -2.22. The smallest absolute Gasteiger partial charge is 0.249 e. The van der Waals surface area contributed by atoms with Crippen LogP contribution < -0.4 is 19.5 Å². The number of aromatic nitrogens is 1. The van der Waals surface area contributed by atoms with E-state index in [1.54, 1.807) is 24.4 Å². The first-order valence-corrected chi connectivity index (χ1v) is 12.1. The maximum Gasteiger partial charge on any atom is 0.249 e. The Kier molecular flexibility index (Phi) is 8.24. The standard InChI is InChI=1S/C23H29N3O5S/c1-24-32(28,29)21-15-17(10-12-19(21)30-2)11-13-22(27)26-23-20(9-6-14-25-23)31-16-18-7-4-3-5-8-18/h6,9-15,18,24H,3-5,7-8,16H2,1-2H3,(H,25,26,27)/b13-11+. The minimum absolute atomic E-state index is 0.00631. The van der Waals surface area contributed by atoms with Crippen LogP contribution in [0.15, 0.2) is 47.5 Å². The maximum absolute atomic E-state index is 12.5. The second-order valence-electron chi connectivity index (χ2n) is 7.61. The van der Waals surface area contributed by atoms with Crippen LogP contribution in [0, 0.1) is 5.92 Å². The van der Waals surface area contributed by atoms with E-state index in [9.17, 15) is 13.2 Å². The summed E-state index contributed by atoms with van der Waals surface area (Å²) in [5, 5.41) is 2.73. The molecule has 1 fully saturated rings. The van der Waals surface area contributed by atoms with Gasteiger partial charge in [0.1, 0.15) is 10.6 Å². The zero-order valence-electron chi connectivity index (χ0n) is 18.3. The molecule has 1 aliphatic carbocycles. The van der Waals surface area contributed by atoms with Gasteiger partial charge in [-0.25, -0.2) is 18.1 Å². The molecule has 0 spiro atoms. The predicted octanol–water partition coefficient (Wildman–Crippen LogP) is 3.61. The number of anilines is 1. The summed E-state index contributed by atoms with van der Waals surface area (Å²) in [6.45, 7) is 0.610. The van der Waals surface area contributed by atoms with Gasteiger partial charge < -0.3 is 14.8 Å². The molecule has 1 saturated carbocycles. The lowest BCUT2D eigenvalue weighted by atomic mass is 9.90. The Bertz CT molecular complexity index is 1060. The molecule has 9 heteroatoms. The summed E-state index contributed by atoms with van der Waals surface area (Å²) >= 11 is 0. The van der Waals surface area contributed by atoms with Gasteiger partial charge in [-0.1, -0.05) is 25.3 Å². The Morgan fingerprint density at radius 3 is 2.69 bits per heavy atom. The van der Waals surface area contributed by atoms with Crippen molar-refractivity contribution >= 4 is 27.8 Å². The molecule has 1 heterocycles. The Hall–Kier alpha value is -2.91. The van der Waals surface area contributed by atoms with Crippen LogP contribution in [-0.2, 0) is 14.8 Å². The Morgan fingerprint density at radius 2 is 1.97 bits per heavy atom. The average molecular weight is 460 g/mol. The van der Waals surface area contributed by atoms with E-state index in [1.165, 1.54) is 57.7 Å². The summed E-state index contributed by atoms with van der Waals surface area (Å²) in [4.78, 5) is 16.7. The molecule has 8 nitrogen and oxygen atoms in total. The molecule has 0 unspecified atom stereocenters. The Balaban J connectivity index is 1.68. The van der Waals surface area contributed by atoms with Crippen LogP contribution in [0.5, 0.6) is 11.5 Å². The van der Waals surface area contributed by atoms with Crippen molar-refractivity contribution in [3.8, 4) is 11.5 Å². The maximum atomic E-state index is 12.5. The molecule has 0 radical (unpaired) electrons. The number of hydrogen-bond donors (Lipinski definition) is 2. The number of nitrogens with one attached hydrogen (secondary N) is 2. The normalized spacial score (nSPS) is 14.9. The highest BCUT2D eigenvalue weighted by Gasteiger charge is 2.18. The van der Waals surface area contributed by atoms with Crippen LogP contribution in [0.2, 0.25) is 0 Å². The molecule has 1 amide bonds. The first-order chi connectivity index (χ1) is 15.4. The van der Waals surface area contributed by atoms with Crippen LogP contribution in [0.1, 0.15) is 37.7 Å². The molecule has 0 saturated heterocycles. The molecule has 3 rings (SSSR count). The van der Waals surface area contributed by atoms with Crippen molar-refractivity contribution in [3.63, 3.8) is 0 Å². The van der Waals surface area contributed by atoms with Crippen molar-refractivity contribution in [3.05, 3.63) is 48.2 Å². The van der Waals surface area contributed by atoms with Gasteiger partial charge in [0.05, 0.1) is 13.7 Å². The van der Waals surface area contributed by atoms with Gasteiger partial charge in [-0.3, -0.25) is 4.79 Å². The van der Waals surface area contributed by atoms with Crippen LogP contribution in [0.3, 0.4) is 0 Å². The van der Waals surface area contributed by atoms with Gasteiger partial charge in [0.15, 0.2) is 11.6 Å². The molecular formula is C23H29N3O5S. The molecule has 32 heavy (non-hydrogen) atoms. The van der Waals surface area contributed by atoms with Crippen molar-refractivity contribution in [1.82, 2.24) is 9.71 Å². The number of methoxy groups -OCH3 is 1. The number of ether oxygens (including phenoxy) is 2. The second kappa shape index (κ2) is 11.1. The molecule has 1 aromatic heterocycles. The summed E-state index contributed by atoms with van der Waals surface area (Å²) in [5.74, 6) is 1.23. The largest absolute Gasteiger partial charge is 0.495 e. The van der Waals surface area contributed by atoms with Crippen molar-refractivity contribution in [1.29, 1.82) is 0 Å². The topological polar surface area (TPSA) is 107 Å². The monoisotopic (exact) mass is 459 g/mol. The van der Waals surface area contributed by atoms with Crippen molar-refractivity contribution in [2.45, 2.75) is 37.0 Å². The number of nitrogens with zero attached hydrogens (tertiary/aromatic N) is 1.